The Bertz CT molecular complexity index is 735. The number of carbonyl (C=O) groups is 1. The summed E-state index contributed by atoms with van der Waals surface area (Å²) in [5, 5.41) is 11.0. The first-order valence-electron chi connectivity index (χ1n) is 6.88. The number of nitro groups is 1. The van der Waals surface area contributed by atoms with Crippen LogP contribution in [0, 0.1) is 10.1 Å². The average Bonchev–Trinajstić information content (AvgIpc) is 2.59. The molecule has 2 rings (SSSR count). The van der Waals surface area contributed by atoms with Gasteiger partial charge in [-0.2, -0.15) is 0 Å². The molecule has 8 nitrogen and oxygen atoms in total. The molecule has 9 heteroatoms. The third-order valence-corrected chi connectivity index (χ3v) is 2.94. The monoisotopic (exact) mass is 353 g/mol. The molecule has 1 aromatic heterocycles. The topological polar surface area (TPSA) is 118 Å². The van der Waals surface area contributed by atoms with E-state index < -0.39 is 16.6 Å². The minimum absolute atomic E-state index is 0.0575. The molecule has 2 aromatic rings. The van der Waals surface area contributed by atoms with E-state index in [2.05, 4.69) is 9.72 Å². The van der Waals surface area contributed by atoms with Crippen molar-refractivity contribution in [3.8, 4) is 11.5 Å². The molecular formula is C15H16ClN3O5. The predicted molar refractivity (Wildman–Crippen MR) is 89.5 cm³/mol. The Morgan fingerprint density at radius 3 is 2.38 bits per heavy atom. The number of carbonyl (C=O) groups excluding carboxylic acids is 1. The predicted octanol–water partition coefficient (Wildman–Crippen LogP) is 3.83. The molecule has 0 spiro atoms. The van der Waals surface area contributed by atoms with Gasteiger partial charge in [-0.05, 0) is 24.3 Å². The van der Waals surface area contributed by atoms with E-state index in [-0.39, 0.29) is 22.3 Å². The summed E-state index contributed by atoms with van der Waals surface area (Å²) in [6.07, 6.45) is 1.15. The van der Waals surface area contributed by atoms with Gasteiger partial charge < -0.3 is 15.2 Å². The molecule has 0 saturated heterocycles. The maximum atomic E-state index is 11.3. The number of rotatable bonds is 4. The van der Waals surface area contributed by atoms with Crippen LogP contribution in [0.5, 0.6) is 11.5 Å². The number of methoxy groups -OCH3 is 1. The number of aromatic nitrogens is 1. The maximum absolute atomic E-state index is 11.3. The Hall–Kier alpha value is -2.87. The molecule has 0 atom stereocenters. The number of benzene rings is 1. The van der Waals surface area contributed by atoms with Crippen LogP contribution in [0.3, 0.4) is 0 Å². The van der Waals surface area contributed by atoms with Gasteiger partial charge >= 0.3 is 11.7 Å². The van der Waals surface area contributed by atoms with Gasteiger partial charge in [0, 0.05) is 0 Å². The molecule has 0 aliphatic carbocycles. The lowest BCUT2D eigenvalue weighted by Crippen LogP contribution is -2.02. The zero-order valence-electron chi connectivity index (χ0n) is 13.3. The lowest BCUT2D eigenvalue weighted by molar-refractivity contribution is -0.384. The molecule has 0 saturated carbocycles. The summed E-state index contributed by atoms with van der Waals surface area (Å²) < 4.78 is 9.97. The van der Waals surface area contributed by atoms with Crippen molar-refractivity contribution < 1.29 is 19.2 Å². The summed E-state index contributed by atoms with van der Waals surface area (Å²) in [4.78, 5) is 25.3. The summed E-state index contributed by atoms with van der Waals surface area (Å²) in [7, 11) is 1.26. The normalized spacial score (nSPS) is 9.50. The van der Waals surface area contributed by atoms with Crippen molar-refractivity contribution in [3.63, 3.8) is 0 Å². The first-order chi connectivity index (χ1) is 11.4. The fourth-order valence-electron chi connectivity index (χ4n) is 1.64. The van der Waals surface area contributed by atoms with Gasteiger partial charge in [-0.15, -0.1) is 0 Å². The van der Waals surface area contributed by atoms with E-state index in [1.807, 2.05) is 13.8 Å². The summed E-state index contributed by atoms with van der Waals surface area (Å²) >= 11 is 5.88. The van der Waals surface area contributed by atoms with Crippen molar-refractivity contribution in [2.45, 2.75) is 13.8 Å². The molecule has 128 valence electrons. The number of anilines is 1. The highest BCUT2D eigenvalue weighted by atomic mass is 35.5. The molecule has 1 aromatic carbocycles. The number of pyridine rings is 1. The van der Waals surface area contributed by atoms with E-state index in [4.69, 9.17) is 22.1 Å². The van der Waals surface area contributed by atoms with Crippen LogP contribution in [-0.2, 0) is 4.74 Å². The molecular weight excluding hydrogens is 338 g/mol. The summed E-state index contributed by atoms with van der Waals surface area (Å²) in [5.74, 6) is -0.799. The number of nitrogens with zero attached hydrogens (tertiary/aromatic N) is 2. The van der Waals surface area contributed by atoms with Gasteiger partial charge in [-0.1, -0.05) is 25.4 Å². The van der Waals surface area contributed by atoms with Gasteiger partial charge in [-0.3, -0.25) is 10.1 Å². The van der Waals surface area contributed by atoms with E-state index in [9.17, 15) is 14.9 Å². The van der Waals surface area contributed by atoms with Crippen LogP contribution in [0.25, 0.3) is 0 Å². The highest BCUT2D eigenvalue weighted by Gasteiger charge is 2.25. The second-order valence-electron chi connectivity index (χ2n) is 4.04. The number of hydrogen-bond donors (Lipinski definition) is 1. The molecule has 0 unspecified atom stereocenters. The Kier molecular flexibility index (Phi) is 6.94. The van der Waals surface area contributed by atoms with Crippen molar-refractivity contribution in [1.29, 1.82) is 0 Å². The number of ether oxygens (including phenoxy) is 2. The van der Waals surface area contributed by atoms with E-state index in [1.54, 1.807) is 0 Å². The van der Waals surface area contributed by atoms with Crippen LogP contribution in [0.15, 0.2) is 30.5 Å². The van der Waals surface area contributed by atoms with E-state index >= 15 is 0 Å². The molecule has 24 heavy (non-hydrogen) atoms. The number of hydrogen-bond acceptors (Lipinski definition) is 7. The molecule has 2 N–H and O–H groups in total. The fourth-order valence-corrected chi connectivity index (χ4v) is 1.82. The molecule has 0 aliphatic rings. The van der Waals surface area contributed by atoms with Gasteiger partial charge in [0.25, 0.3) is 0 Å². The second kappa shape index (κ2) is 8.68. The van der Waals surface area contributed by atoms with Crippen LogP contribution in [0.4, 0.5) is 11.5 Å². The quantitative estimate of drug-likeness (QED) is 0.504. The first kappa shape index (κ1) is 19.2. The lowest BCUT2D eigenvalue weighted by atomic mass is 10.2. The third kappa shape index (κ3) is 4.32. The first-order valence-corrected chi connectivity index (χ1v) is 7.26. The highest BCUT2D eigenvalue weighted by molar-refractivity contribution is 6.32. The highest BCUT2D eigenvalue weighted by Crippen LogP contribution is 2.40. The SMILES string of the molecule is CC.COC(=O)c1ccc(Oc2c(Cl)cnc(N)c2[N+](=O)[O-])cc1. The van der Waals surface area contributed by atoms with Gasteiger partial charge in [-0.25, -0.2) is 9.78 Å². The maximum Gasteiger partial charge on any atom is 0.354 e. The zero-order valence-corrected chi connectivity index (χ0v) is 14.0. The smallest absolute Gasteiger partial charge is 0.354 e. The Morgan fingerprint density at radius 2 is 1.88 bits per heavy atom. The number of esters is 1. The Morgan fingerprint density at radius 1 is 1.29 bits per heavy atom. The summed E-state index contributed by atoms with van der Waals surface area (Å²) in [5.41, 5.74) is 5.26. The Labute approximate surface area is 143 Å². The van der Waals surface area contributed by atoms with Crippen molar-refractivity contribution in [2.75, 3.05) is 12.8 Å². The molecule has 1 heterocycles. The van der Waals surface area contributed by atoms with Crippen LogP contribution in [0.1, 0.15) is 24.2 Å². The molecule has 0 bridgehead atoms. The Balaban J connectivity index is 0.00000139. The van der Waals surface area contributed by atoms with Crippen molar-refractivity contribution >= 4 is 29.1 Å². The number of nitrogen functional groups attached to an aromatic ring is 1. The minimum atomic E-state index is -0.730. The average molecular weight is 354 g/mol. The van der Waals surface area contributed by atoms with Crippen LogP contribution in [-0.4, -0.2) is 23.0 Å². The van der Waals surface area contributed by atoms with Gasteiger partial charge in [0.2, 0.25) is 11.6 Å². The minimum Gasteiger partial charge on any atom is -0.465 e. The summed E-state index contributed by atoms with van der Waals surface area (Å²) in [6.45, 7) is 4.00. The van der Waals surface area contributed by atoms with Crippen LogP contribution < -0.4 is 10.5 Å². The van der Waals surface area contributed by atoms with Crippen LogP contribution >= 0.6 is 11.6 Å². The van der Waals surface area contributed by atoms with Crippen LogP contribution in [0.2, 0.25) is 5.02 Å². The molecule has 0 amide bonds. The number of nitrogens with two attached hydrogens (primary N) is 1. The molecule has 0 radical (unpaired) electrons. The van der Waals surface area contributed by atoms with Crippen molar-refractivity contribution in [3.05, 3.63) is 51.2 Å². The zero-order chi connectivity index (χ0) is 18.3. The number of halogens is 1. The molecule has 0 aliphatic heterocycles. The van der Waals surface area contributed by atoms with Gasteiger partial charge in [0.1, 0.15) is 10.8 Å². The van der Waals surface area contributed by atoms with E-state index in [1.165, 1.54) is 31.4 Å². The van der Waals surface area contributed by atoms with Gasteiger partial charge in [0.05, 0.1) is 23.8 Å². The summed E-state index contributed by atoms with van der Waals surface area (Å²) in [6, 6.07) is 5.79. The fraction of sp³-hybridized carbons (Fsp3) is 0.200. The van der Waals surface area contributed by atoms with Crippen molar-refractivity contribution in [1.82, 2.24) is 4.98 Å². The second-order valence-corrected chi connectivity index (χ2v) is 4.45. The molecule has 0 fully saturated rings. The van der Waals surface area contributed by atoms with Gasteiger partial charge in [0.15, 0.2) is 0 Å². The lowest BCUT2D eigenvalue weighted by Gasteiger charge is -2.09. The standard InChI is InChI=1S/C13H10ClN3O5.C2H6/c1-21-13(18)7-2-4-8(5-3-7)22-11-9(14)6-16-12(15)10(11)17(19)20;1-2/h2-6H,1H3,(H2,15,16);1-2H3. The largest absolute Gasteiger partial charge is 0.465 e. The van der Waals surface area contributed by atoms with Crippen molar-refractivity contribution in [2.24, 2.45) is 0 Å². The van der Waals surface area contributed by atoms with E-state index in [0.717, 1.165) is 6.20 Å². The third-order valence-electron chi connectivity index (χ3n) is 2.67. The van der Waals surface area contributed by atoms with E-state index in [0.29, 0.717) is 5.56 Å².